The Labute approximate surface area is 181 Å². The number of amides is 1. The fourth-order valence-corrected chi connectivity index (χ4v) is 3.63. The smallest absolute Gasteiger partial charge is 0.354 e. The van der Waals surface area contributed by atoms with E-state index in [-0.39, 0.29) is 5.69 Å². The molecule has 4 rings (SSSR count). The van der Waals surface area contributed by atoms with E-state index in [9.17, 15) is 22.4 Å². The van der Waals surface area contributed by atoms with Gasteiger partial charge in [-0.05, 0) is 55.3 Å². The molecule has 1 amide bonds. The second-order valence-electron chi connectivity index (χ2n) is 7.48. The van der Waals surface area contributed by atoms with Crippen LogP contribution in [0.4, 0.5) is 29.1 Å². The molecule has 1 saturated heterocycles. The van der Waals surface area contributed by atoms with Crippen LogP contribution in [-0.2, 0) is 11.0 Å². The molecule has 32 heavy (non-hydrogen) atoms. The normalized spacial score (nSPS) is 16.6. The van der Waals surface area contributed by atoms with Crippen molar-refractivity contribution >= 4 is 17.4 Å². The van der Waals surface area contributed by atoms with Gasteiger partial charge in [0.2, 0.25) is 5.91 Å². The van der Waals surface area contributed by atoms with Gasteiger partial charge >= 0.3 is 6.18 Å². The van der Waals surface area contributed by atoms with E-state index in [1.807, 2.05) is 29.2 Å². The Morgan fingerprint density at radius 2 is 1.84 bits per heavy atom. The van der Waals surface area contributed by atoms with E-state index < -0.39 is 29.4 Å². The molecule has 1 fully saturated rings. The predicted octanol–water partition coefficient (Wildman–Crippen LogP) is 4.55. The molecule has 3 aromatic rings. The van der Waals surface area contributed by atoms with Crippen LogP contribution in [0.3, 0.4) is 0 Å². The topological polar surface area (TPSA) is 71.0 Å². The third kappa shape index (κ3) is 4.84. The van der Waals surface area contributed by atoms with Crippen molar-refractivity contribution in [3.8, 4) is 11.3 Å². The van der Waals surface area contributed by atoms with Crippen molar-refractivity contribution < 1.29 is 22.4 Å². The van der Waals surface area contributed by atoms with E-state index in [1.54, 1.807) is 12.4 Å². The Hall–Kier alpha value is -3.56. The molecule has 6 nitrogen and oxygen atoms in total. The van der Waals surface area contributed by atoms with Gasteiger partial charge in [-0.3, -0.25) is 9.78 Å². The minimum absolute atomic E-state index is 0.0951. The summed E-state index contributed by atoms with van der Waals surface area (Å²) in [5.41, 5.74) is 0.0687. The molecule has 1 atom stereocenters. The Bertz CT molecular complexity index is 1090. The summed E-state index contributed by atoms with van der Waals surface area (Å²) in [6.45, 7) is 1.03. The lowest BCUT2D eigenvalue weighted by atomic mass is 9.97. The maximum absolute atomic E-state index is 13.5. The number of rotatable bonds is 4. The number of hydrogen-bond acceptors (Lipinski definition) is 5. The van der Waals surface area contributed by atoms with Crippen LogP contribution >= 0.6 is 0 Å². The van der Waals surface area contributed by atoms with Crippen LogP contribution in [0.5, 0.6) is 0 Å². The van der Waals surface area contributed by atoms with E-state index in [1.165, 1.54) is 0 Å². The van der Waals surface area contributed by atoms with Gasteiger partial charge in [-0.25, -0.2) is 4.39 Å². The van der Waals surface area contributed by atoms with Crippen LogP contribution in [-0.4, -0.2) is 34.2 Å². The van der Waals surface area contributed by atoms with Crippen LogP contribution in [0.2, 0.25) is 0 Å². The second-order valence-corrected chi connectivity index (χ2v) is 7.48. The quantitative estimate of drug-likeness (QED) is 0.597. The highest BCUT2D eigenvalue weighted by molar-refractivity contribution is 5.93. The van der Waals surface area contributed by atoms with Gasteiger partial charge in [0.1, 0.15) is 5.82 Å². The summed E-state index contributed by atoms with van der Waals surface area (Å²) in [7, 11) is 0. The predicted molar refractivity (Wildman–Crippen MR) is 110 cm³/mol. The first-order valence-corrected chi connectivity index (χ1v) is 9.98. The molecule has 1 aliphatic heterocycles. The number of alkyl halides is 3. The van der Waals surface area contributed by atoms with Crippen molar-refractivity contribution in [2.45, 2.75) is 19.0 Å². The van der Waals surface area contributed by atoms with Crippen LogP contribution in [0.25, 0.3) is 11.3 Å². The zero-order valence-corrected chi connectivity index (χ0v) is 16.8. The highest BCUT2D eigenvalue weighted by Gasteiger charge is 2.34. The van der Waals surface area contributed by atoms with Crippen LogP contribution in [0.1, 0.15) is 18.4 Å². The van der Waals surface area contributed by atoms with Gasteiger partial charge in [0.25, 0.3) is 0 Å². The van der Waals surface area contributed by atoms with Crippen molar-refractivity contribution in [1.82, 2.24) is 15.2 Å². The first-order chi connectivity index (χ1) is 15.3. The van der Waals surface area contributed by atoms with E-state index in [2.05, 4.69) is 20.5 Å². The van der Waals surface area contributed by atoms with Gasteiger partial charge in [-0.2, -0.15) is 13.2 Å². The fourth-order valence-electron chi connectivity index (χ4n) is 3.63. The number of halogens is 4. The van der Waals surface area contributed by atoms with Gasteiger partial charge in [0, 0.05) is 36.7 Å². The molecule has 0 saturated carbocycles. The first-order valence-electron chi connectivity index (χ1n) is 9.98. The summed E-state index contributed by atoms with van der Waals surface area (Å²) >= 11 is 0. The zero-order valence-electron chi connectivity index (χ0n) is 16.8. The number of nitrogens with one attached hydrogen (secondary N) is 1. The maximum atomic E-state index is 13.5. The van der Waals surface area contributed by atoms with Gasteiger partial charge < -0.3 is 10.2 Å². The Morgan fingerprint density at radius 1 is 1.06 bits per heavy atom. The lowest BCUT2D eigenvalue weighted by Crippen LogP contribution is -2.41. The summed E-state index contributed by atoms with van der Waals surface area (Å²) in [6, 6.07) is 9.72. The lowest BCUT2D eigenvalue weighted by Gasteiger charge is -2.32. The minimum atomic E-state index is -4.84. The van der Waals surface area contributed by atoms with Crippen molar-refractivity contribution in [3.63, 3.8) is 0 Å². The number of carbonyl (C=O) groups is 1. The highest BCUT2D eigenvalue weighted by Crippen LogP contribution is 2.33. The van der Waals surface area contributed by atoms with Crippen molar-refractivity contribution in [2.75, 3.05) is 23.3 Å². The van der Waals surface area contributed by atoms with Gasteiger partial charge in [0.15, 0.2) is 5.82 Å². The molecular formula is C22H19F4N5O. The molecule has 166 valence electrons. The number of aromatic nitrogens is 3. The zero-order chi connectivity index (χ0) is 22.7. The molecule has 1 aliphatic rings. The first kappa shape index (κ1) is 21.7. The Balaban J connectivity index is 1.43. The monoisotopic (exact) mass is 445 g/mol. The van der Waals surface area contributed by atoms with Gasteiger partial charge in [-0.15, -0.1) is 10.2 Å². The molecule has 3 heterocycles. The van der Waals surface area contributed by atoms with Crippen molar-refractivity contribution in [3.05, 3.63) is 66.2 Å². The summed E-state index contributed by atoms with van der Waals surface area (Å²) in [6.07, 6.45) is -0.218. The molecule has 1 unspecified atom stereocenters. The SMILES string of the molecule is O=C(Nc1ccc(F)c(C(F)(F)F)c1)C1CCCN(c2ccc(-c3ccncc3)nn2)C1. The summed E-state index contributed by atoms with van der Waals surface area (Å²) in [5.74, 6) is -1.64. The molecule has 0 aliphatic carbocycles. The number of pyridine rings is 1. The number of benzene rings is 1. The molecular weight excluding hydrogens is 426 g/mol. The minimum Gasteiger partial charge on any atom is -0.354 e. The Kier molecular flexibility index (Phi) is 6.02. The molecule has 2 aromatic heterocycles. The summed E-state index contributed by atoms with van der Waals surface area (Å²) in [5, 5.41) is 11.0. The van der Waals surface area contributed by atoms with E-state index in [0.29, 0.717) is 49.6 Å². The maximum Gasteiger partial charge on any atom is 0.419 e. The number of hydrogen-bond donors (Lipinski definition) is 1. The Morgan fingerprint density at radius 3 is 2.53 bits per heavy atom. The second kappa shape index (κ2) is 8.89. The number of nitrogens with zero attached hydrogens (tertiary/aromatic N) is 4. The molecule has 1 N–H and O–H groups in total. The summed E-state index contributed by atoms with van der Waals surface area (Å²) in [4.78, 5) is 18.6. The molecule has 1 aromatic carbocycles. The fraction of sp³-hybridized carbons (Fsp3) is 0.273. The molecule has 10 heteroatoms. The van der Waals surface area contributed by atoms with E-state index in [0.717, 1.165) is 11.6 Å². The van der Waals surface area contributed by atoms with Crippen molar-refractivity contribution in [1.29, 1.82) is 0 Å². The average molecular weight is 445 g/mol. The molecule has 0 spiro atoms. The van der Waals surface area contributed by atoms with Gasteiger partial charge in [0.05, 0.1) is 17.2 Å². The van der Waals surface area contributed by atoms with E-state index >= 15 is 0 Å². The van der Waals surface area contributed by atoms with E-state index in [4.69, 9.17) is 0 Å². The highest BCUT2D eigenvalue weighted by atomic mass is 19.4. The standard InChI is InChI=1S/C22H19F4N5O/c23-18-4-3-16(12-17(18)22(24,25)26)28-21(32)15-2-1-11-31(13-15)20-6-5-19(29-30-20)14-7-9-27-10-8-14/h3-10,12,15H,1-2,11,13H2,(H,28,32). The lowest BCUT2D eigenvalue weighted by molar-refractivity contribution is -0.140. The summed E-state index contributed by atoms with van der Waals surface area (Å²) < 4.78 is 52.2. The largest absolute Gasteiger partial charge is 0.419 e. The number of anilines is 2. The molecule has 0 radical (unpaired) electrons. The number of carbonyl (C=O) groups excluding carboxylic acids is 1. The van der Waals surface area contributed by atoms with Gasteiger partial charge in [-0.1, -0.05) is 0 Å². The third-order valence-electron chi connectivity index (χ3n) is 5.28. The number of piperidine rings is 1. The van der Waals surface area contributed by atoms with Crippen LogP contribution in [0.15, 0.2) is 54.9 Å². The van der Waals surface area contributed by atoms with Crippen molar-refractivity contribution in [2.24, 2.45) is 5.92 Å². The molecule has 0 bridgehead atoms. The van der Waals surface area contributed by atoms with Crippen LogP contribution in [0, 0.1) is 11.7 Å². The average Bonchev–Trinajstić information content (AvgIpc) is 2.80. The third-order valence-corrected chi connectivity index (χ3v) is 5.28. The van der Waals surface area contributed by atoms with Crippen LogP contribution < -0.4 is 10.2 Å².